The maximum atomic E-state index is 12.5. The van der Waals surface area contributed by atoms with Crippen molar-refractivity contribution in [1.29, 1.82) is 0 Å². The van der Waals surface area contributed by atoms with Crippen LogP contribution in [0.4, 0.5) is 11.4 Å². The van der Waals surface area contributed by atoms with Gasteiger partial charge in [-0.1, -0.05) is 0 Å². The number of carbonyl (C=O) groups is 1. The second-order valence-electron chi connectivity index (χ2n) is 7.22. The Morgan fingerprint density at radius 3 is 2.56 bits per heavy atom. The van der Waals surface area contributed by atoms with E-state index >= 15 is 0 Å². The summed E-state index contributed by atoms with van der Waals surface area (Å²) >= 11 is 0. The molecule has 1 saturated heterocycles. The van der Waals surface area contributed by atoms with Crippen LogP contribution in [0.3, 0.4) is 0 Å². The van der Waals surface area contributed by atoms with Crippen LogP contribution >= 0.6 is 0 Å². The summed E-state index contributed by atoms with van der Waals surface area (Å²) in [7, 11) is 1.90. The molecule has 27 heavy (non-hydrogen) atoms. The molecular formula is C20H29N5O2. The maximum absolute atomic E-state index is 12.5. The number of benzene rings is 1. The number of amides is 1. The number of hydrogen-bond donors (Lipinski definition) is 1. The number of ether oxygens (including phenoxy) is 1. The van der Waals surface area contributed by atoms with Gasteiger partial charge < -0.3 is 15.0 Å². The topological polar surface area (TPSA) is 62.6 Å². The summed E-state index contributed by atoms with van der Waals surface area (Å²) in [6, 6.07) is 8.29. The van der Waals surface area contributed by atoms with Crippen LogP contribution in [0.25, 0.3) is 0 Å². The second-order valence-corrected chi connectivity index (χ2v) is 7.22. The van der Waals surface area contributed by atoms with Gasteiger partial charge in [0.05, 0.1) is 26.0 Å². The molecule has 7 heteroatoms. The summed E-state index contributed by atoms with van der Waals surface area (Å²) in [5.41, 5.74) is 3.09. The fourth-order valence-corrected chi connectivity index (χ4v) is 3.17. The Labute approximate surface area is 160 Å². The van der Waals surface area contributed by atoms with Gasteiger partial charge in [-0.15, -0.1) is 0 Å². The van der Waals surface area contributed by atoms with Crippen LogP contribution in [0.15, 0.2) is 36.7 Å². The Balaban J connectivity index is 1.55. The standard InChI is InChI=1S/C20H29N5O2/c1-16(2)25(14-17-12-21-23(3)13-17)15-20(26)22-18-4-6-19(7-5-18)24-8-10-27-11-9-24/h4-7,12-13,16H,8-11,14-15H2,1-3H3,(H,22,26). The van der Waals surface area contributed by atoms with Gasteiger partial charge in [-0.2, -0.15) is 5.10 Å². The lowest BCUT2D eigenvalue weighted by Gasteiger charge is -2.29. The number of aryl methyl sites for hydroxylation is 1. The Bertz CT molecular complexity index is 735. The average Bonchev–Trinajstić information content (AvgIpc) is 3.07. The lowest BCUT2D eigenvalue weighted by Crippen LogP contribution is -2.37. The van der Waals surface area contributed by atoms with Crippen LogP contribution in [-0.4, -0.2) is 59.5 Å². The molecule has 1 aromatic carbocycles. The highest BCUT2D eigenvalue weighted by atomic mass is 16.5. The predicted molar refractivity (Wildman–Crippen MR) is 107 cm³/mol. The normalized spacial score (nSPS) is 14.8. The molecule has 0 unspecified atom stereocenters. The molecule has 0 atom stereocenters. The monoisotopic (exact) mass is 371 g/mol. The molecule has 1 N–H and O–H groups in total. The number of aromatic nitrogens is 2. The van der Waals surface area contributed by atoms with E-state index in [1.807, 2.05) is 31.6 Å². The first kappa shape index (κ1) is 19.4. The highest BCUT2D eigenvalue weighted by Gasteiger charge is 2.16. The van der Waals surface area contributed by atoms with Crippen molar-refractivity contribution >= 4 is 17.3 Å². The molecule has 1 aliphatic rings. The van der Waals surface area contributed by atoms with Crippen molar-refractivity contribution in [1.82, 2.24) is 14.7 Å². The summed E-state index contributed by atoms with van der Waals surface area (Å²) in [6.07, 6.45) is 3.83. The highest BCUT2D eigenvalue weighted by molar-refractivity contribution is 5.92. The zero-order valence-corrected chi connectivity index (χ0v) is 16.4. The van der Waals surface area contributed by atoms with Crippen LogP contribution in [-0.2, 0) is 23.1 Å². The lowest BCUT2D eigenvalue weighted by molar-refractivity contribution is -0.117. The number of nitrogens with one attached hydrogen (secondary N) is 1. The van der Waals surface area contributed by atoms with Crippen LogP contribution in [0.2, 0.25) is 0 Å². The van der Waals surface area contributed by atoms with Crippen LogP contribution < -0.4 is 10.2 Å². The maximum Gasteiger partial charge on any atom is 0.238 e. The third-order valence-electron chi connectivity index (χ3n) is 4.75. The molecule has 1 amide bonds. The largest absolute Gasteiger partial charge is 0.378 e. The van der Waals surface area contributed by atoms with Crippen molar-refractivity contribution in [3.05, 3.63) is 42.2 Å². The van der Waals surface area contributed by atoms with E-state index in [-0.39, 0.29) is 11.9 Å². The molecule has 2 aromatic rings. The molecule has 3 rings (SSSR count). The molecule has 2 heterocycles. The van der Waals surface area contributed by atoms with E-state index in [2.05, 4.69) is 46.2 Å². The van der Waals surface area contributed by atoms with E-state index in [1.54, 1.807) is 4.68 Å². The number of carbonyl (C=O) groups excluding carboxylic acids is 1. The summed E-state index contributed by atoms with van der Waals surface area (Å²) in [5.74, 6) is -0.00767. The quantitative estimate of drug-likeness (QED) is 0.808. The van der Waals surface area contributed by atoms with Crippen LogP contribution in [0.5, 0.6) is 0 Å². The molecule has 0 aliphatic carbocycles. The van der Waals surface area contributed by atoms with E-state index in [9.17, 15) is 4.79 Å². The van der Waals surface area contributed by atoms with Crippen LogP contribution in [0.1, 0.15) is 19.4 Å². The molecule has 146 valence electrons. The molecule has 0 radical (unpaired) electrons. The average molecular weight is 371 g/mol. The fraction of sp³-hybridized carbons (Fsp3) is 0.500. The Kier molecular flexibility index (Phi) is 6.47. The molecule has 0 bridgehead atoms. The third-order valence-corrected chi connectivity index (χ3v) is 4.75. The lowest BCUT2D eigenvalue weighted by atomic mass is 10.2. The van der Waals surface area contributed by atoms with Gasteiger partial charge in [-0.25, -0.2) is 0 Å². The minimum absolute atomic E-state index is 0.00767. The van der Waals surface area contributed by atoms with Crippen molar-refractivity contribution in [2.75, 3.05) is 43.1 Å². The van der Waals surface area contributed by atoms with Crippen molar-refractivity contribution in [3.63, 3.8) is 0 Å². The summed E-state index contributed by atoms with van der Waals surface area (Å²) in [6.45, 7) is 8.59. The summed E-state index contributed by atoms with van der Waals surface area (Å²) in [4.78, 5) is 16.9. The summed E-state index contributed by atoms with van der Waals surface area (Å²) in [5, 5.41) is 7.20. The molecule has 0 saturated carbocycles. The van der Waals surface area contributed by atoms with Gasteiger partial charge >= 0.3 is 0 Å². The van der Waals surface area contributed by atoms with Gasteiger partial charge in [0.1, 0.15) is 0 Å². The summed E-state index contributed by atoms with van der Waals surface area (Å²) < 4.78 is 7.17. The Morgan fingerprint density at radius 1 is 1.26 bits per heavy atom. The van der Waals surface area contributed by atoms with E-state index < -0.39 is 0 Å². The fourth-order valence-electron chi connectivity index (χ4n) is 3.17. The van der Waals surface area contributed by atoms with Crippen molar-refractivity contribution < 1.29 is 9.53 Å². The smallest absolute Gasteiger partial charge is 0.238 e. The van der Waals surface area contributed by atoms with Gasteiger partial charge in [-0.05, 0) is 38.1 Å². The predicted octanol–water partition coefficient (Wildman–Crippen LogP) is 2.11. The number of anilines is 2. The zero-order valence-electron chi connectivity index (χ0n) is 16.4. The van der Waals surface area contributed by atoms with Crippen molar-refractivity contribution in [3.8, 4) is 0 Å². The van der Waals surface area contributed by atoms with E-state index in [0.717, 1.165) is 43.2 Å². The Hall–Kier alpha value is -2.38. The SMILES string of the molecule is CC(C)N(CC(=O)Nc1ccc(N2CCOCC2)cc1)Cc1cnn(C)c1. The van der Waals surface area contributed by atoms with Gasteiger partial charge in [0, 0.05) is 55.9 Å². The third kappa shape index (κ3) is 5.55. The molecule has 7 nitrogen and oxygen atoms in total. The first-order chi connectivity index (χ1) is 13.0. The molecule has 1 aromatic heterocycles. The van der Waals surface area contributed by atoms with Crippen molar-refractivity contribution in [2.45, 2.75) is 26.4 Å². The van der Waals surface area contributed by atoms with E-state index in [4.69, 9.17) is 4.74 Å². The second kappa shape index (κ2) is 9.01. The minimum Gasteiger partial charge on any atom is -0.378 e. The molecule has 0 spiro atoms. The number of morpholine rings is 1. The van der Waals surface area contributed by atoms with Gasteiger partial charge in [0.25, 0.3) is 0 Å². The first-order valence-corrected chi connectivity index (χ1v) is 9.45. The van der Waals surface area contributed by atoms with Gasteiger partial charge in [-0.3, -0.25) is 14.4 Å². The molecule has 1 aliphatic heterocycles. The van der Waals surface area contributed by atoms with Crippen molar-refractivity contribution in [2.24, 2.45) is 7.05 Å². The van der Waals surface area contributed by atoms with E-state index in [0.29, 0.717) is 13.1 Å². The number of hydrogen-bond acceptors (Lipinski definition) is 5. The minimum atomic E-state index is -0.00767. The Morgan fingerprint density at radius 2 is 1.96 bits per heavy atom. The zero-order chi connectivity index (χ0) is 19.2. The van der Waals surface area contributed by atoms with E-state index in [1.165, 1.54) is 0 Å². The first-order valence-electron chi connectivity index (χ1n) is 9.45. The van der Waals surface area contributed by atoms with Gasteiger partial charge in [0.2, 0.25) is 5.91 Å². The molecular weight excluding hydrogens is 342 g/mol. The van der Waals surface area contributed by atoms with Crippen LogP contribution in [0, 0.1) is 0 Å². The number of nitrogens with zero attached hydrogens (tertiary/aromatic N) is 4. The number of rotatable bonds is 7. The van der Waals surface area contributed by atoms with Gasteiger partial charge in [0.15, 0.2) is 0 Å². The highest BCUT2D eigenvalue weighted by Crippen LogP contribution is 2.19. The molecule has 1 fully saturated rings.